The number of hydrogen-bond acceptors (Lipinski definition) is 5. The first-order valence-electron chi connectivity index (χ1n) is 5.66. The van der Waals surface area contributed by atoms with Gasteiger partial charge in [0, 0.05) is 34.1 Å². The molecule has 19 heavy (non-hydrogen) atoms. The molecule has 0 bridgehead atoms. The summed E-state index contributed by atoms with van der Waals surface area (Å²) in [5.74, 6) is 0.118. The lowest BCUT2D eigenvalue weighted by Gasteiger charge is -2.16. The highest BCUT2D eigenvalue weighted by Crippen LogP contribution is 2.27. The van der Waals surface area contributed by atoms with Gasteiger partial charge in [-0.1, -0.05) is 6.92 Å². The number of benzene rings is 1. The van der Waals surface area contributed by atoms with Crippen LogP contribution in [0.1, 0.15) is 13.8 Å². The molecule has 0 saturated heterocycles. The van der Waals surface area contributed by atoms with Gasteiger partial charge in [-0.25, -0.2) is 8.42 Å². The van der Waals surface area contributed by atoms with Gasteiger partial charge in [0.1, 0.15) is 0 Å². The van der Waals surface area contributed by atoms with Gasteiger partial charge in [0.15, 0.2) is 9.84 Å². The van der Waals surface area contributed by atoms with Gasteiger partial charge in [-0.05, 0) is 28.9 Å². The topological polar surface area (TPSA) is 89.3 Å². The van der Waals surface area contributed by atoms with E-state index in [-0.39, 0.29) is 23.2 Å². The first kappa shape index (κ1) is 15.9. The third kappa shape index (κ3) is 4.79. The van der Waals surface area contributed by atoms with E-state index in [9.17, 15) is 18.5 Å². The van der Waals surface area contributed by atoms with E-state index in [0.717, 1.165) is 0 Å². The van der Waals surface area contributed by atoms with Crippen molar-refractivity contribution in [1.29, 1.82) is 0 Å². The van der Waals surface area contributed by atoms with E-state index in [1.54, 1.807) is 19.9 Å². The zero-order chi connectivity index (χ0) is 14.6. The standard InChI is InChI=1S/C11H15BrN2O4S/c1-3-19(17,18)7-8(2)13-11-5-4-9(14(15)16)6-10(11)12/h4-6,8,13H,3,7H2,1-2H3. The molecule has 106 valence electrons. The molecular formula is C11H15BrN2O4S. The molecule has 0 saturated carbocycles. The molecule has 1 atom stereocenters. The van der Waals surface area contributed by atoms with Crippen LogP contribution in [-0.2, 0) is 9.84 Å². The summed E-state index contributed by atoms with van der Waals surface area (Å²) in [6, 6.07) is 4.03. The highest BCUT2D eigenvalue weighted by molar-refractivity contribution is 9.10. The smallest absolute Gasteiger partial charge is 0.270 e. The summed E-state index contributed by atoms with van der Waals surface area (Å²) >= 11 is 3.22. The quantitative estimate of drug-likeness (QED) is 0.629. The Morgan fingerprint density at radius 3 is 2.58 bits per heavy atom. The van der Waals surface area contributed by atoms with Crippen molar-refractivity contribution in [3.63, 3.8) is 0 Å². The van der Waals surface area contributed by atoms with Crippen LogP contribution in [0.5, 0.6) is 0 Å². The van der Waals surface area contributed by atoms with Crippen molar-refractivity contribution in [2.75, 3.05) is 16.8 Å². The second-order valence-electron chi connectivity index (χ2n) is 4.17. The van der Waals surface area contributed by atoms with E-state index in [4.69, 9.17) is 0 Å². The van der Waals surface area contributed by atoms with Gasteiger partial charge in [0.2, 0.25) is 0 Å². The molecule has 0 fully saturated rings. The Hall–Kier alpha value is -1.15. The van der Waals surface area contributed by atoms with Crippen LogP contribution in [0.15, 0.2) is 22.7 Å². The van der Waals surface area contributed by atoms with E-state index in [1.807, 2.05) is 0 Å². The van der Waals surface area contributed by atoms with E-state index in [2.05, 4.69) is 21.2 Å². The third-order valence-electron chi connectivity index (χ3n) is 2.51. The van der Waals surface area contributed by atoms with Gasteiger partial charge in [0.05, 0.1) is 10.7 Å². The van der Waals surface area contributed by atoms with Crippen LogP contribution < -0.4 is 5.32 Å². The minimum atomic E-state index is -3.06. The second-order valence-corrected chi connectivity index (χ2v) is 7.42. The van der Waals surface area contributed by atoms with Crippen LogP contribution in [0.2, 0.25) is 0 Å². The highest BCUT2D eigenvalue weighted by Gasteiger charge is 2.15. The lowest BCUT2D eigenvalue weighted by molar-refractivity contribution is -0.384. The maximum atomic E-state index is 11.5. The number of nitro groups is 1. The Morgan fingerprint density at radius 1 is 1.47 bits per heavy atom. The summed E-state index contributed by atoms with van der Waals surface area (Å²) in [7, 11) is -3.06. The molecule has 0 aliphatic carbocycles. The molecule has 0 aromatic heterocycles. The number of hydrogen-bond donors (Lipinski definition) is 1. The van der Waals surface area contributed by atoms with Crippen molar-refractivity contribution in [2.45, 2.75) is 19.9 Å². The normalized spacial score (nSPS) is 13.0. The van der Waals surface area contributed by atoms with Crippen molar-refractivity contribution >= 4 is 37.1 Å². The summed E-state index contributed by atoms with van der Waals surface area (Å²) in [5.41, 5.74) is 0.607. The lowest BCUT2D eigenvalue weighted by atomic mass is 10.2. The summed E-state index contributed by atoms with van der Waals surface area (Å²) in [4.78, 5) is 10.1. The molecule has 0 spiro atoms. The van der Waals surface area contributed by atoms with E-state index in [0.29, 0.717) is 10.2 Å². The van der Waals surface area contributed by atoms with Crippen LogP contribution in [0.3, 0.4) is 0 Å². The summed E-state index contributed by atoms with van der Waals surface area (Å²) in [6.45, 7) is 3.35. The Bertz CT molecular complexity index is 574. The Morgan fingerprint density at radius 2 is 2.11 bits per heavy atom. The molecule has 0 amide bonds. The Labute approximate surface area is 120 Å². The highest BCUT2D eigenvalue weighted by atomic mass is 79.9. The van der Waals surface area contributed by atoms with Crippen molar-refractivity contribution in [3.8, 4) is 0 Å². The van der Waals surface area contributed by atoms with Crippen LogP contribution in [0, 0.1) is 10.1 Å². The average molecular weight is 351 g/mol. The average Bonchev–Trinajstić information content (AvgIpc) is 2.30. The Balaban J connectivity index is 2.80. The molecule has 0 heterocycles. The monoisotopic (exact) mass is 350 g/mol. The molecule has 6 nitrogen and oxygen atoms in total. The number of nitrogens with zero attached hydrogens (tertiary/aromatic N) is 1. The van der Waals surface area contributed by atoms with Gasteiger partial charge in [-0.15, -0.1) is 0 Å². The van der Waals surface area contributed by atoms with E-state index >= 15 is 0 Å². The minimum Gasteiger partial charge on any atom is -0.381 e. The molecule has 0 aliphatic heterocycles. The van der Waals surface area contributed by atoms with Crippen LogP contribution in [0.4, 0.5) is 11.4 Å². The number of halogens is 1. The fourth-order valence-corrected chi connectivity index (χ4v) is 3.10. The number of rotatable bonds is 6. The predicted octanol–water partition coefficient (Wildman–Crippen LogP) is 2.59. The minimum absolute atomic E-state index is 0.0208. The molecule has 1 aromatic carbocycles. The largest absolute Gasteiger partial charge is 0.381 e. The molecule has 8 heteroatoms. The lowest BCUT2D eigenvalue weighted by Crippen LogP contribution is -2.26. The number of anilines is 1. The molecule has 0 aliphatic rings. The van der Waals surface area contributed by atoms with Crippen LogP contribution >= 0.6 is 15.9 Å². The molecule has 0 radical (unpaired) electrons. The maximum absolute atomic E-state index is 11.5. The van der Waals surface area contributed by atoms with Gasteiger partial charge in [-0.2, -0.15) is 0 Å². The maximum Gasteiger partial charge on any atom is 0.270 e. The fourth-order valence-electron chi connectivity index (χ4n) is 1.54. The molecule has 1 N–H and O–H groups in total. The van der Waals surface area contributed by atoms with Gasteiger partial charge in [-0.3, -0.25) is 10.1 Å². The second kappa shape index (κ2) is 6.33. The molecule has 1 aromatic rings. The molecule has 1 rings (SSSR count). The van der Waals surface area contributed by atoms with Crippen molar-refractivity contribution < 1.29 is 13.3 Å². The number of sulfone groups is 1. The molecular weight excluding hydrogens is 336 g/mol. The van der Waals surface area contributed by atoms with E-state index in [1.165, 1.54) is 12.1 Å². The predicted molar refractivity (Wildman–Crippen MR) is 78.2 cm³/mol. The van der Waals surface area contributed by atoms with E-state index < -0.39 is 14.8 Å². The third-order valence-corrected chi connectivity index (χ3v) is 5.05. The summed E-state index contributed by atoms with van der Waals surface area (Å²) in [5, 5.41) is 13.6. The summed E-state index contributed by atoms with van der Waals surface area (Å²) < 4.78 is 23.5. The molecule has 1 unspecified atom stereocenters. The first-order valence-corrected chi connectivity index (χ1v) is 8.27. The number of nitrogens with one attached hydrogen (secondary N) is 1. The zero-order valence-corrected chi connectivity index (χ0v) is 13.0. The number of nitro benzene ring substituents is 1. The van der Waals surface area contributed by atoms with Crippen LogP contribution in [-0.4, -0.2) is 30.9 Å². The van der Waals surface area contributed by atoms with Gasteiger partial charge >= 0.3 is 0 Å². The van der Waals surface area contributed by atoms with Gasteiger partial charge in [0.25, 0.3) is 5.69 Å². The van der Waals surface area contributed by atoms with Gasteiger partial charge < -0.3 is 5.32 Å². The van der Waals surface area contributed by atoms with Crippen LogP contribution in [0.25, 0.3) is 0 Å². The van der Waals surface area contributed by atoms with Crippen molar-refractivity contribution in [1.82, 2.24) is 0 Å². The summed E-state index contributed by atoms with van der Waals surface area (Å²) in [6.07, 6.45) is 0. The SMILES string of the molecule is CCS(=O)(=O)CC(C)Nc1ccc([N+](=O)[O-])cc1Br. The first-order chi connectivity index (χ1) is 8.75. The zero-order valence-electron chi connectivity index (χ0n) is 10.6. The van der Waals surface area contributed by atoms with Crippen molar-refractivity contribution in [3.05, 3.63) is 32.8 Å². The van der Waals surface area contributed by atoms with Crippen molar-refractivity contribution in [2.24, 2.45) is 0 Å². The fraction of sp³-hybridized carbons (Fsp3) is 0.455. The number of non-ortho nitro benzene ring substituents is 1. The Kier molecular flexibility index (Phi) is 5.30.